The lowest BCUT2D eigenvalue weighted by molar-refractivity contribution is 0.925. The van der Waals surface area contributed by atoms with Gasteiger partial charge in [0.25, 0.3) is 0 Å². The lowest BCUT2D eigenvalue weighted by Crippen LogP contribution is -1.95. The summed E-state index contributed by atoms with van der Waals surface area (Å²) in [5.41, 5.74) is 8.14. The summed E-state index contributed by atoms with van der Waals surface area (Å²) in [6.45, 7) is 0. The van der Waals surface area contributed by atoms with Gasteiger partial charge in [0.15, 0.2) is 10.3 Å². The summed E-state index contributed by atoms with van der Waals surface area (Å²) < 4.78 is 4.14. The molecule has 6 aromatic rings. The second-order valence-electron chi connectivity index (χ2n) is 7.57. The molecule has 6 heteroatoms. The Hall–Kier alpha value is -3.48. The Labute approximate surface area is 196 Å². The Morgan fingerprint density at radius 1 is 0.500 bits per heavy atom. The zero-order valence-corrected chi connectivity index (χ0v) is 18.7. The molecule has 0 N–H and O–H groups in total. The molecule has 4 nitrogen and oxygen atoms in total. The molecule has 0 fully saturated rings. The van der Waals surface area contributed by atoms with Crippen LogP contribution in [-0.2, 0) is 0 Å². The highest BCUT2D eigenvalue weighted by Crippen LogP contribution is 2.32. The van der Waals surface area contributed by atoms with Crippen LogP contribution >= 0.6 is 25.3 Å². The van der Waals surface area contributed by atoms with Gasteiger partial charge >= 0.3 is 0 Å². The first-order chi connectivity index (χ1) is 15.7. The van der Waals surface area contributed by atoms with E-state index in [0.717, 1.165) is 44.6 Å². The number of nitrogens with zero attached hydrogens (tertiary/aromatic N) is 4. The molecule has 0 aliphatic carbocycles. The minimum Gasteiger partial charge on any atom is -0.288 e. The van der Waals surface area contributed by atoms with Crippen LogP contribution in [0.15, 0.2) is 107 Å². The maximum absolute atomic E-state index is 4.63. The predicted molar refractivity (Wildman–Crippen MR) is 136 cm³/mol. The zero-order chi connectivity index (χ0) is 21.7. The van der Waals surface area contributed by atoms with Crippen molar-refractivity contribution in [1.82, 2.24) is 19.1 Å². The van der Waals surface area contributed by atoms with Crippen LogP contribution in [0.5, 0.6) is 0 Å². The van der Waals surface area contributed by atoms with Crippen LogP contribution in [0.4, 0.5) is 0 Å². The molecule has 0 saturated carbocycles. The zero-order valence-electron chi connectivity index (χ0n) is 16.9. The van der Waals surface area contributed by atoms with E-state index in [9.17, 15) is 0 Å². The second-order valence-corrected chi connectivity index (χ2v) is 8.37. The monoisotopic (exact) mass is 450 g/mol. The van der Waals surface area contributed by atoms with E-state index >= 15 is 0 Å². The molecule has 0 spiro atoms. The minimum absolute atomic E-state index is 0.667. The maximum atomic E-state index is 4.63. The Kier molecular flexibility index (Phi) is 4.56. The van der Waals surface area contributed by atoms with Gasteiger partial charge < -0.3 is 0 Å². The predicted octanol–water partition coefficient (Wildman–Crippen LogP) is 6.61. The highest BCUT2D eigenvalue weighted by atomic mass is 32.1. The fourth-order valence-corrected chi connectivity index (χ4v) is 4.81. The molecule has 2 aromatic heterocycles. The molecule has 154 valence electrons. The quantitative estimate of drug-likeness (QED) is 0.298. The van der Waals surface area contributed by atoms with E-state index < -0.39 is 0 Å². The number of imidazole rings is 2. The maximum Gasteiger partial charge on any atom is 0.170 e. The molecule has 0 aliphatic rings. The highest BCUT2D eigenvalue weighted by molar-refractivity contribution is 7.80. The first kappa shape index (κ1) is 19.2. The van der Waals surface area contributed by atoms with E-state index in [1.165, 1.54) is 0 Å². The van der Waals surface area contributed by atoms with Crippen LogP contribution in [0.3, 0.4) is 0 Å². The van der Waals surface area contributed by atoms with Gasteiger partial charge in [-0.15, -0.1) is 25.3 Å². The molecule has 6 rings (SSSR count). The molecule has 4 aromatic carbocycles. The molecule has 0 aliphatic heterocycles. The summed E-state index contributed by atoms with van der Waals surface area (Å²) >= 11 is 9.25. The number of aromatic nitrogens is 4. The van der Waals surface area contributed by atoms with Gasteiger partial charge in [0, 0.05) is 11.4 Å². The largest absolute Gasteiger partial charge is 0.288 e. The molecule has 0 bridgehead atoms. The van der Waals surface area contributed by atoms with Crippen molar-refractivity contribution in [3.8, 4) is 22.5 Å². The lowest BCUT2D eigenvalue weighted by atomic mass is 10.0. The van der Waals surface area contributed by atoms with Gasteiger partial charge in [-0.05, 0) is 59.7 Å². The van der Waals surface area contributed by atoms with Crippen molar-refractivity contribution >= 4 is 47.3 Å². The summed E-state index contributed by atoms with van der Waals surface area (Å²) in [4.78, 5) is 9.27. The molecule has 0 amide bonds. The number of thiol groups is 2. The number of hydrogen-bond acceptors (Lipinski definition) is 4. The number of fused-ring (bicyclic) bond motifs is 2. The molecule has 0 unspecified atom stereocenters. The Morgan fingerprint density at radius 3 is 1.31 bits per heavy atom. The van der Waals surface area contributed by atoms with E-state index in [1.54, 1.807) is 0 Å². The average molecular weight is 451 g/mol. The summed E-state index contributed by atoms with van der Waals surface area (Å²) in [5.74, 6) is 0. The van der Waals surface area contributed by atoms with Crippen molar-refractivity contribution in [2.75, 3.05) is 0 Å². The van der Waals surface area contributed by atoms with Crippen LogP contribution in [0, 0.1) is 0 Å². The fraction of sp³-hybridized carbons (Fsp3) is 0. The molecule has 0 atom stereocenters. The number of hydrogen-bond donors (Lipinski definition) is 2. The van der Waals surface area contributed by atoms with Crippen molar-refractivity contribution in [2.45, 2.75) is 10.3 Å². The van der Waals surface area contributed by atoms with Gasteiger partial charge in [-0.25, -0.2) is 9.97 Å². The summed E-state index contributed by atoms with van der Waals surface area (Å²) in [6.07, 6.45) is 0. The summed E-state index contributed by atoms with van der Waals surface area (Å²) in [6, 6.07) is 33.0. The van der Waals surface area contributed by atoms with E-state index in [-0.39, 0.29) is 0 Å². The fourth-order valence-electron chi connectivity index (χ4n) is 4.15. The Balaban J connectivity index is 1.54. The summed E-state index contributed by atoms with van der Waals surface area (Å²) in [7, 11) is 0. The Bertz CT molecular complexity index is 1460. The normalized spacial score (nSPS) is 11.4. The number of para-hydroxylation sites is 2. The smallest absolute Gasteiger partial charge is 0.170 e. The topological polar surface area (TPSA) is 35.6 Å². The van der Waals surface area contributed by atoms with Gasteiger partial charge in [-0.3, -0.25) is 9.13 Å². The third kappa shape index (κ3) is 3.11. The first-order valence-electron chi connectivity index (χ1n) is 10.2. The third-order valence-electron chi connectivity index (χ3n) is 5.64. The molecular weight excluding hydrogens is 432 g/mol. The van der Waals surface area contributed by atoms with E-state index in [0.29, 0.717) is 10.3 Å². The van der Waals surface area contributed by atoms with Gasteiger partial charge in [0.2, 0.25) is 0 Å². The van der Waals surface area contributed by atoms with Crippen molar-refractivity contribution < 1.29 is 0 Å². The van der Waals surface area contributed by atoms with Gasteiger partial charge in [0.05, 0.1) is 22.1 Å². The number of rotatable bonds is 3. The van der Waals surface area contributed by atoms with Gasteiger partial charge in [-0.1, -0.05) is 48.5 Å². The average Bonchev–Trinajstić information content (AvgIpc) is 3.34. The van der Waals surface area contributed by atoms with E-state index in [2.05, 4.69) is 92.9 Å². The van der Waals surface area contributed by atoms with Gasteiger partial charge in [-0.2, -0.15) is 0 Å². The van der Waals surface area contributed by atoms with Crippen LogP contribution < -0.4 is 0 Å². The lowest BCUT2D eigenvalue weighted by Gasteiger charge is -2.09. The van der Waals surface area contributed by atoms with Crippen LogP contribution in [0.2, 0.25) is 0 Å². The summed E-state index contributed by atoms with van der Waals surface area (Å²) in [5, 5.41) is 1.33. The number of benzene rings is 4. The molecular formula is C26H18N4S2. The SMILES string of the molecule is Sc1nc2ccc(-c3ccc4nc(S)n(-c5ccccc5)c4c3)cc2n1-c1ccccc1. The Morgan fingerprint density at radius 2 is 0.906 bits per heavy atom. The molecule has 0 saturated heterocycles. The van der Waals surface area contributed by atoms with E-state index in [4.69, 9.17) is 0 Å². The van der Waals surface area contributed by atoms with E-state index in [1.807, 2.05) is 48.5 Å². The standard InChI is InChI=1S/C26H18N4S2/c31-25-27-21-13-11-17(15-23(21)29(25)19-7-3-1-4-8-19)18-12-14-22-24(16-18)30(26(32)28-22)20-9-5-2-6-10-20/h1-16H,(H,27,31)(H,28,32). The van der Waals surface area contributed by atoms with Crippen LogP contribution in [0.25, 0.3) is 44.6 Å². The highest BCUT2D eigenvalue weighted by Gasteiger charge is 2.14. The minimum atomic E-state index is 0.667. The van der Waals surface area contributed by atoms with Crippen molar-refractivity contribution in [1.29, 1.82) is 0 Å². The molecule has 2 heterocycles. The van der Waals surface area contributed by atoms with Crippen LogP contribution in [0.1, 0.15) is 0 Å². The molecule has 32 heavy (non-hydrogen) atoms. The van der Waals surface area contributed by atoms with Gasteiger partial charge in [0.1, 0.15) is 0 Å². The first-order valence-corrected chi connectivity index (χ1v) is 11.1. The van der Waals surface area contributed by atoms with Crippen molar-refractivity contribution in [3.63, 3.8) is 0 Å². The van der Waals surface area contributed by atoms with Crippen molar-refractivity contribution in [3.05, 3.63) is 97.1 Å². The van der Waals surface area contributed by atoms with Crippen LogP contribution in [-0.4, -0.2) is 19.1 Å². The third-order valence-corrected chi connectivity index (χ3v) is 6.24. The van der Waals surface area contributed by atoms with Crippen molar-refractivity contribution in [2.24, 2.45) is 0 Å². The second kappa shape index (κ2) is 7.58. The molecule has 0 radical (unpaired) electrons.